The first-order valence-electron chi connectivity index (χ1n) is 14.7. The van der Waals surface area contributed by atoms with Crippen LogP contribution in [0, 0.1) is 0 Å². The Labute approximate surface area is 250 Å². The second-order valence-electron chi connectivity index (χ2n) is 10.6. The molecule has 1 nitrogen and oxygen atoms in total. The zero-order chi connectivity index (χ0) is 27.7. The summed E-state index contributed by atoms with van der Waals surface area (Å²) in [5, 5.41) is 4.43. The SMILES string of the molecule is c1ccc(PN(CCCP(c2ccccc2)c2ccccc2)P2[C@@H](c3ccccc3)CC[C@@H]2c2ccccc2)cc1. The van der Waals surface area contributed by atoms with Gasteiger partial charge in [-0.3, -0.25) is 4.44 Å². The van der Waals surface area contributed by atoms with Crippen LogP contribution in [0.2, 0.25) is 0 Å². The van der Waals surface area contributed by atoms with E-state index in [2.05, 4.69) is 156 Å². The Hall–Kier alpha value is -2.65. The van der Waals surface area contributed by atoms with Crippen LogP contribution < -0.4 is 15.9 Å². The van der Waals surface area contributed by atoms with Crippen LogP contribution in [0.3, 0.4) is 0 Å². The van der Waals surface area contributed by atoms with Gasteiger partial charge < -0.3 is 0 Å². The third kappa shape index (κ3) is 7.23. The lowest BCUT2D eigenvalue weighted by molar-refractivity contribution is 0.678. The lowest BCUT2D eigenvalue weighted by atomic mass is 10.0. The highest BCUT2D eigenvalue weighted by Crippen LogP contribution is 2.74. The second kappa shape index (κ2) is 14.5. The molecule has 1 saturated heterocycles. The summed E-state index contributed by atoms with van der Waals surface area (Å²) >= 11 is 0. The summed E-state index contributed by atoms with van der Waals surface area (Å²) in [6.07, 6.45) is 4.96. The van der Waals surface area contributed by atoms with E-state index in [0.717, 1.165) is 6.54 Å². The molecule has 3 atom stereocenters. The van der Waals surface area contributed by atoms with Crippen molar-refractivity contribution in [1.82, 2.24) is 4.44 Å². The van der Waals surface area contributed by atoms with Gasteiger partial charge in [-0.25, -0.2) is 0 Å². The van der Waals surface area contributed by atoms with E-state index >= 15 is 0 Å². The molecule has 41 heavy (non-hydrogen) atoms. The highest BCUT2D eigenvalue weighted by Gasteiger charge is 2.41. The smallest absolute Gasteiger partial charge is 0.0183 e. The Morgan fingerprint density at radius 2 is 0.976 bits per heavy atom. The predicted octanol–water partition coefficient (Wildman–Crippen LogP) is 9.40. The van der Waals surface area contributed by atoms with Crippen molar-refractivity contribution in [2.24, 2.45) is 0 Å². The van der Waals surface area contributed by atoms with Crippen molar-refractivity contribution in [2.45, 2.75) is 30.6 Å². The maximum absolute atomic E-state index is 2.94. The molecule has 6 rings (SSSR count). The first-order chi connectivity index (χ1) is 20.4. The molecule has 0 N–H and O–H groups in total. The molecule has 5 aromatic carbocycles. The molecule has 1 heterocycles. The van der Waals surface area contributed by atoms with Crippen LogP contribution in [0.25, 0.3) is 0 Å². The summed E-state index contributed by atoms with van der Waals surface area (Å²) in [7, 11) is -0.0803. The van der Waals surface area contributed by atoms with Crippen molar-refractivity contribution >= 4 is 40.6 Å². The second-order valence-corrected chi connectivity index (χ2v) is 17.1. The highest BCUT2D eigenvalue weighted by molar-refractivity contribution is 7.73. The number of rotatable bonds is 11. The zero-order valence-electron chi connectivity index (χ0n) is 23.5. The Morgan fingerprint density at radius 1 is 0.561 bits per heavy atom. The number of hydrogen-bond acceptors (Lipinski definition) is 1. The van der Waals surface area contributed by atoms with E-state index in [1.807, 2.05) is 0 Å². The monoisotopic (exact) mass is 589 g/mol. The number of hydrogen-bond donors (Lipinski definition) is 0. The Bertz CT molecular complexity index is 1360. The fraction of sp³-hybridized carbons (Fsp3) is 0.189. The van der Waals surface area contributed by atoms with Gasteiger partial charge in [-0.15, -0.1) is 0 Å². The highest BCUT2D eigenvalue weighted by atomic mass is 31.2. The van der Waals surface area contributed by atoms with E-state index in [1.54, 1.807) is 0 Å². The summed E-state index contributed by atoms with van der Waals surface area (Å²) in [5.41, 5.74) is 4.27. The van der Waals surface area contributed by atoms with Gasteiger partial charge in [0.05, 0.1) is 0 Å². The Balaban J connectivity index is 1.31. The number of benzene rings is 5. The summed E-state index contributed by atoms with van der Waals surface area (Å²) in [5.74, 6) is 0. The largest absolute Gasteiger partial charge is 0.257 e. The van der Waals surface area contributed by atoms with E-state index in [4.69, 9.17) is 0 Å². The minimum absolute atomic E-state index is 0.379. The molecule has 1 aliphatic rings. The van der Waals surface area contributed by atoms with Crippen molar-refractivity contribution in [3.8, 4) is 0 Å². The van der Waals surface area contributed by atoms with Crippen LogP contribution in [0.1, 0.15) is 41.7 Å². The minimum Gasteiger partial charge on any atom is -0.257 e. The van der Waals surface area contributed by atoms with Crippen LogP contribution in [-0.4, -0.2) is 17.1 Å². The molecule has 0 amide bonds. The minimum atomic E-state index is -0.398. The molecule has 0 aliphatic carbocycles. The maximum atomic E-state index is 2.94. The standard InChI is InChI=1S/C37H38NP3/c1-6-17-31(18-7-1)36-27-28-37(32-19-8-2-9-20-32)41(36)38(39-33-21-10-3-11-22-33)29-16-30-40(34-23-12-4-13-24-34)35-25-14-5-15-26-35/h1-15,17-26,36-37,39H,16,27-30H2/t36-,37-/m1/s1. The lowest BCUT2D eigenvalue weighted by Gasteiger charge is -2.37. The lowest BCUT2D eigenvalue weighted by Crippen LogP contribution is -2.20. The first kappa shape index (κ1) is 28.5. The van der Waals surface area contributed by atoms with Crippen LogP contribution >= 0.6 is 24.7 Å². The van der Waals surface area contributed by atoms with Gasteiger partial charge in [0.25, 0.3) is 0 Å². The van der Waals surface area contributed by atoms with Gasteiger partial charge in [0, 0.05) is 17.9 Å². The first-order valence-corrected chi connectivity index (χ1v) is 18.6. The van der Waals surface area contributed by atoms with Crippen molar-refractivity contribution in [2.75, 3.05) is 12.7 Å². The van der Waals surface area contributed by atoms with E-state index in [-0.39, 0.29) is 7.92 Å². The van der Waals surface area contributed by atoms with Crippen molar-refractivity contribution in [1.29, 1.82) is 0 Å². The van der Waals surface area contributed by atoms with E-state index in [0.29, 0.717) is 20.0 Å². The normalized spacial score (nSPS) is 17.6. The van der Waals surface area contributed by atoms with Crippen LogP contribution in [0.4, 0.5) is 0 Å². The van der Waals surface area contributed by atoms with Gasteiger partial charge in [0.1, 0.15) is 0 Å². The summed E-state index contributed by atoms with van der Waals surface area (Å²) in [6.45, 7) is 1.14. The van der Waals surface area contributed by atoms with Gasteiger partial charge in [-0.2, -0.15) is 0 Å². The Kier molecular flexibility index (Phi) is 10.1. The molecule has 0 spiro atoms. The van der Waals surface area contributed by atoms with Gasteiger partial charge in [0.2, 0.25) is 0 Å². The predicted molar refractivity (Wildman–Crippen MR) is 184 cm³/mol. The van der Waals surface area contributed by atoms with Crippen LogP contribution in [-0.2, 0) is 0 Å². The number of nitrogens with zero attached hydrogens (tertiary/aromatic N) is 1. The van der Waals surface area contributed by atoms with Crippen molar-refractivity contribution in [3.63, 3.8) is 0 Å². The molecule has 0 saturated carbocycles. The molecular weight excluding hydrogens is 551 g/mol. The fourth-order valence-corrected chi connectivity index (χ4v) is 14.2. The fourth-order valence-electron chi connectivity index (χ4n) is 6.02. The van der Waals surface area contributed by atoms with Crippen LogP contribution in [0.5, 0.6) is 0 Å². The topological polar surface area (TPSA) is 3.24 Å². The molecule has 1 fully saturated rings. The molecule has 4 heteroatoms. The molecule has 0 bridgehead atoms. The van der Waals surface area contributed by atoms with E-state index in [1.165, 1.54) is 52.5 Å². The summed E-state index contributed by atoms with van der Waals surface area (Å²) in [4.78, 5) is 0. The summed E-state index contributed by atoms with van der Waals surface area (Å²) in [6, 6.07) is 56.4. The molecule has 0 radical (unpaired) electrons. The van der Waals surface area contributed by atoms with Gasteiger partial charge in [-0.05, 0) is 77.2 Å². The quantitative estimate of drug-likeness (QED) is 0.139. The molecule has 0 aromatic heterocycles. The zero-order valence-corrected chi connectivity index (χ0v) is 26.3. The van der Waals surface area contributed by atoms with E-state index in [9.17, 15) is 0 Å². The molecular formula is C37H38NP3. The van der Waals surface area contributed by atoms with Crippen molar-refractivity contribution < 1.29 is 0 Å². The third-order valence-corrected chi connectivity index (χ3v) is 15.7. The van der Waals surface area contributed by atoms with Gasteiger partial charge >= 0.3 is 0 Å². The summed E-state index contributed by atoms with van der Waals surface area (Å²) < 4.78 is 2.94. The van der Waals surface area contributed by atoms with Gasteiger partial charge in [-0.1, -0.05) is 152 Å². The Morgan fingerprint density at radius 3 is 1.44 bits per heavy atom. The average molecular weight is 590 g/mol. The van der Waals surface area contributed by atoms with Crippen LogP contribution in [0.15, 0.2) is 152 Å². The molecule has 5 aromatic rings. The molecule has 206 valence electrons. The molecule has 1 aliphatic heterocycles. The van der Waals surface area contributed by atoms with E-state index < -0.39 is 8.07 Å². The van der Waals surface area contributed by atoms with Gasteiger partial charge in [0.15, 0.2) is 0 Å². The third-order valence-electron chi connectivity index (χ3n) is 7.92. The van der Waals surface area contributed by atoms with Crippen molar-refractivity contribution in [3.05, 3.63) is 163 Å². The molecule has 1 unspecified atom stereocenters. The average Bonchev–Trinajstić information content (AvgIpc) is 3.50. The maximum Gasteiger partial charge on any atom is 0.0183 e.